The fourth-order valence-electron chi connectivity index (χ4n) is 7.11. The number of hydrogen-bond donors (Lipinski definition) is 1. The fourth-order valence-corrected chi connectivity index (χ4v) is 8.00. The maximum atomic E-state index is 12.4. The zero-order chi connectivity index (χ0) is 38.0. The van der Waals surface area contributed by atoms with Crippen LogP contribution in [-0.4, -0.2) is 133 Å². The molecule has 0 spiro atoms. The number of nitrogens with one attached hydrogen (secondary N) is 1. The van der Waals surface area contributed by atoms with Crippen LogP contribution in [0.4, 0.5) is 11.4 Å². The number of carbonyl (C=O) groups excluding carboxylic acids is 3. The van der Waals surface area contributed by atoms with E-state index >= 15 is 0 Å². The first-order valence-electron chi connectivity index (χ1n) is 17.0. The molecule has 15 heteroatoms. The van der Waals surface area contributed by atoms with Gasteiger partial charge >= 0.3 is 0 Å². The molecule has 0 aliphatic carbocycles. The molecule has 3 aliphatic rings. The molecular weight excluding hydrogens is 744 g/mol. The van der Waals surface area contributed by atoms with Crippen LogP contribution in [0.3, 0.4) is 0 Å². The molecule has 0 aromatic heterocycles. The van der Waals surface area contributed by atoms with Crippen LogP contribution in [0.25, 0.3) is 0 Å². The van der Waals surface area contributed by atoms with Gasteiger partial charge in [-0.15, -0.1) is 0 Å². The Morgan fingerprint density at radius 3 is 2.26 bits per heavy atom. The van der Waals surface area contributed by atoms with Crippen LogP contribution in [0.15, 0.2) is 94.4 Å². The second-order valence-electron chi connectivity index (χ2n) is 14.0. The number of unbranched alkanes of at least 4 members (excludes halogenated alkanes) is 2. The molecule has 277 valence electrons. The van der Waals surface area contributed by atoms with Crippen LogP contribution in [0.1, 0.15) is 64.5 Å². The van der Waals surface area contributed by atoms with E-state index in [-0.39, 0.29) is 92.0 Å². The van der Waals surface area contributed by atoms with E-state index in [4.69, 9.17) is 0 Å². The van der Waals surface area contributed by atoms with Crippen molar-refractivity contribution in [1.82, 2.24) is 10.2 Å². The molecule has 3 amide bonds. The first kappa shape index (κ1) is 42.9. The molecule has 1 radical (unpaired) electrons. The zero-order valence-electron chi connectivity index (χ0n) is 30.9. The van der Waals surface area contributed by atoms with Crippen molar-refractivity contribution in [3.63, 3.8) is 0 Å². The summed E-state index contributed by atoms with van der Waals surface area (Å²) in [6.45, 7) is 9.05. The largest absolute Gasteiger partial charge is 0.768 e. The quantitative estimate of drug-likeness (QED) is 0.0569. The van der Waals surface area contributed by atoms with Crippen LogP contribution in [-0.2, 0) is 46.4 Å². The molecule has 0 bridgehead atoms. The Morgan fingerprint density at radius 2 is 1.60 bits per heavy atom. The summed E-state index contributed by atoms with van der Waals surface area (Å²) in [5, 5.41) is 2.76. The summed E-state index contributed by atoms with van der Waals surface area (Å²) in [6.07, 6.45) is 14.7. The van der Waals surface area contributed by atoms with Crippen LogP contribution >= 0.6 is 0 Å². The number of nitrogens with zero attached hydrogens (tertiary/aromatic N) is 3. The molecule has 2 aromatic rings. The van der Waals surface area contributed by atoms with Gasteiger partial charge in [-0.2, -0.15) is 4.58 Å². The molecule has 53 heavy (non-hydrogen) atoms. The molecule has 3 heterocycles. The van der Waals surface area contributed by atoms with Gasteiger partial charge in [0.05, 0.1) is 10.3 Å². The Labute approximate surface area is 356 Å². The summed E-state index contributed by atoms with van der Waals surface area (Å²) in [7, 11) is -2.69. The Morgan fingerprint density at radius 1 is 0.906 bits per heavy atom. The van der Waals surface area contributed by atoms with Gasteiger partial charge in [-0.25, -0.2) is 8.42 Å². The molecule has 1 N–H and O–H groups in total. The minimum absolute atomic E-state index is 0. The first-order chi connectivity index (χ1) is 24.4. The Bertz CT molecular complexity index is 2080. The minimum Gasteiger partial charge on any atom is -0.768 e. The normalized spacial score (nSPS) is 18.7. The van der Waals surface area contributed by atoms with Crippen molar-refractivity contribution in [3.05, 3.63) is 95.8 Å². The monoisotopic (exact) mass is 786 g/mol. The van der Waals surface area contributed by atoms with Gasteiger partial charge in [-0.3, -0.25) is 23.5 Å². The molecule has 3 aliphatic heterocycles. The molecule has 12 nitrogen and oxygen atoms in total. The van der Waals surface area contributed by atoms with E-state index in [2.05, 4.69) is 24.1 Å². The van der Waals surface area contributed by atoms with E-state index in [9.17, 15) is 36.1 Å². The molecular formula is C38H43KN4O8S2-. The van der Waals surface area contributed by atoms with E-state index in [0.29, 0.717) is 19.4 Å². The van der Waals surface area contributed by atoms with Gasteiger partial charge in [-0.05, 0) is 79.7 Å². The Balaban J connectivity index is 0.00000627. The van der Waals surface area contributed by atoms with Gasteiger partial charge < -0.3 is 19.3 Å². The second-order valence-corrected chi connectivity index (χ2v) is 16.3. The van der Waals surface area contributed by atoms with Gasteiger partial charge in [0.2, 0.25) is 11.6 Å². The van der Waals surface area contributed by atoms with E-state index in [1.54, 1.807) is 18.2 Å². The van der Waals surface area contributed by atoms with Gasteiger partial charge in [0, 0.05) is 129 Å². The third-order valence-corrected chi connectivity index (χ3v) is 11.4. The molecule has 2 aromatic carbocycles. The Kier molecular flexibility index (Phi) is 14.0. The zero-order valence-corrected chi connectivity index (χ0v) is 35.6. The van der Waals surface area contributed by atoms with E-state index in [1.807, 2.05) is 61.9 Å². The van der Waals surface area contributed by atoms with Crippen LogP contribution in [0.5, 0.6) is 0 Å². The number of rotatable bonds is 14. The standard InChI is InChI=1S/C38H44N4O8S2.K/c1-37(2)29-25-27(52(48,49)50)16-18-30(29)40(5)32(37)12-8-6-9-13-33-38(3,4)28-24-26(51(46)47)15-17-31(28)41(33)22-11-7-10-14-34(43)39-21-23-42-35(44)19-20-36(42)45;/h6,8-9,12-13,15-20,24-25H,7,10-11,14,21-23H2,1-5H3,(H2-,39,43,46,47,48,49,50);/p-1. The number of benzene rings is 2. The van der Waals surface area contributed by atoms with Gasteiger partial charge in [-0.1, -0.05) is 38.5 Å². The number of hydrogen-bond acceptors (Lipinski definition) is 9. The van der Waals surface area contributed by atoms with E-state index < -0.39 is 32.0 Å². The molecule has 0 saturated heterocycles. The molecule has 5 rings (SSSR count). The maximum absolute atomic E-state index is 12.4. The van der Waals surface area contributed by atoms with Crippen molar-refractivity contribution in [2.45, 2.75) is 74.0 Å². The Hall–Kier alpha value is -2.86. The smallest absolute Gasteiger partial charge is 0.253 e. The summed E-state index contributed by atoms with van der Waals surface area (Å²) < 4.78 is 60.7. The first-order valence-corrected chi connectivity index (χ1v) is 19.5. The third kappa shape index (κ3) is 9.34. The van der Waals surface area contributed by atoms with Crippen molar-refractivity contribution >= 4 is 107 Å². The molecule has 1 atom stereocenters. The minimum atomic E-state index is -4.59. The van der Waals surface area contributed by atoms with Gasteiger partial charge in [0.1, 0.15) is 17.2 Å². The topological polar surface area (TPSA) is 170 Å². The number of amides is 3. The third-order valence-electron chi connectivity index (χ3n) is 9.92. The van der Waals surface area contributed by atoms with Gasteiger partial charge in [0.25, 0.3) is 11.8 Å². The van der Waals surface area contributed by atoms with Crippen LogP contribution in [0.2, 0.25) is 0 Å². The van der Waals surface area contributed by atoms with E-state index in [1.165, 1.54) is 24.3 Å². The van der Waals surface area contributed by atoms with Crippen molar-refractivity contribution in [1.29, 1.82) is 0 Å². The maximum Gasteiger partial charge on any atom is 0.253 e. The summed E-state index contributed by atoms with van der Waals surface area (Å²) in [6, 6.07) is 9.59. The van der Waals surface area contributed by atoms with Crippen molar-refractivity contribution < 1.29 is 40.7 Å². The van der Waals surface area contributed by atoms with Gasteiger partial charge in [0.15, 0.2) is 5.71 Å². The summed E-state index contributed by atoms with van der Waals surface area (Å²) >= 11 is -2.38. The average Bonchev–Trinajstić information content (AvgIpc) is 3.58. The SMILES string of the molecule is C[N+]1=C(/C=C/C=C/C=C2\N(CCCCCC(=O)NCCN3C(=O)C=CC3=O)c3ccc(S(=O)[O-])cc3C2(C)C)C(C)(C)c2cc(S(=O)(=O)[O-])ccc21.[K]. The summed E-state index contributed by atoms with van der Waals surface area (Å²) in [5.41, 5.74) is 4.27. The van der Waals surface area contributed by atoms with Crippen molar-refractivity contribution in [2.75, 3.05) is 31.6 Å². The van der Waals surface area contributed by atoms with Crippen molar-refractivity contribution in [3.8, 4) is 0 Å². The predicted octanol–water partition coefficient (Wildman–Crippen LogP) is 3.85. The number of anilines is 1. The van der Waals surface area contributed by atoms with E-state index in [0.717, 1.165) is 51.7 Å². The van der Waals surface area contributed by atoms with Crippen LogP contribution < -0.4 is 10.2 Å². The summed E-state index contributed by atoms with van der Waals surface area (Å²) in [5.74, 6) is -0.907. The number of allylic oxidation sites excluding steroid dienone is 6. The molecule has 1 unspecified atom stereocenters. The second kappa shape index (κ2) is 17.3. The van der Waals surface area contributed by atoms with Crippen LogP contribution in [0, 0.1) is 0 Å². The number of imide groups is 1. The average molecular weight is 787 g/mol. The van der Waals surface area contributed by atoms with Crippen molar-refractivity contribution in [2.24, 2.45) is 0 Å². The molecule has 0 fully saturated rings. The fraction of sp³-hybridized carbons (Fsp3) is 0.368. The summed E-state index contributed by atoms with van der Waals surface area (Å²) in [4.78, 5) is 39.0. The molecule has 0 saturated carbocycles. The number of carbonyl (C=O) groups is 3. The predicted molar refractivity (Wildman–Crippen MR) is 202 cm³/mol. The number of fused-ring (bicyclic) bond motifs is 2.